The molecular weight excluding hydrogens is 260 g/mol. The molecule has 0 unspecified atom stereocenters. The van der Waals surface area contributed by atoms with E-state index in [-0.39, 0.29) is 0 Å². The molecule has 0 saturated carbocycles. The van der Waals surface area contributed by atoms with Crippen LogP contribution < -0.4 is 5.32 Å². The molecule has 1 aliphatic rings. The van der Waals surface area contributed by atoms with E-state index in [4.69, 9.17) is 4.74 Å². The van der Waals surface area contributed by atoms with Crippen molar-refractivity contribution in [3.05, 3.63) is 36.0 Å². The third kappa shape index (κ3) is 3.47. The van der Waals surface area contributed by atoms with E-state index in [2.05, 4.69) is 40.3 Å². The summed E-state index contributed by atoms with van der Waals surface area (Å²) in [5.74, 6) is 0.766. The molecule has 3 heteroatoms. The van der Waals surface area contributed by atoms with Crippen LogP contribution in [0.2, 0.25) is 0 Å². The zero-order valence-electron chi connectivity index (χ0n) is 13.0. The summed E-state index contributed by atoms with van der Waals surface area (Å²) in [6.07, 6.45) is 7.00. The lowest BCUT2D eigenvalue weighted by Crippen LogP contribution is -2.20. The van der Waals surface area contributed by atoms with Gasteiger partial charge in [0, 0.05) is 36.9 Å². The Hall–Kier alpha value is -1.32. The number of nitrogens with one attached hydrogen (secondary N) is 1. The maximum absolute atomic E-state index is 5.47. The normalized spacial score (nSPS) is 16.6. The third-order valence-electron chi connectivity index (χ3n) is 4.57. The van der Waals surface area contributed by atoms with Crippen LogP contribution in [0.15, 0.2) is 30.5 Å². The monoisotopic (exact) mass is 286 g/mol. The maximum Gasteiger partial charge on any atom is 0.0483 e. The summed E-state index contributed by atoms with van der Waals surface area (Å²) >= 11 is 0. The molecule has 0 spiro atoms. The Kier molecular flexibility index (Phi) is 4.94. The highest BCUT2D eigenvalue weighted by atomic mass is 16.5. The molecule has 1 saturated heterocycles. The Labute approximate surface area is 127 Å². The molecule has 2 aromatic rings. The second-order valence-corrected chi connectivity index (χ2v) is 6.08. The van der Waals surface area contributed by atoms with Gasteiger partial charge < -0.3 is 14.6 Å². The Morgan fingerprint density at radius 2 is 2.10 bits per heavy atom. The fourth-order valence-electron chi connectivity index (χ4n) is 3.33. The minimum atomic E-state index is 0.766. The van der Waals surface area contributed by atoms with Crippen LogP contribution in [0.5, 0.6) is 0 Å². The highest BCUT2D eigenvalue weighted by Gasteiger charge is 2.15. The molecule has 0 bridgehead atoms. The van der Waals surface area contributed by atoms with Gasteiger partial charge in [0.1, 0.15) is 0 Å². The van der Waals surface area contributed by atoms with Crippen molar-refractivity contribution in [1.82, 2.24) is 9.88 Å². The number of aryl methyl sites for hydroxylation is 1. The molecule has 0 amide bonds. The summed E-state index contributed by atoms with van der Waals surface area (Å²) in [5.41, 5.74) is 2.87. The zero-order chi connectivity index (χ0) is 14.5. The first-order valence-electron chi connectivity index (χ1n) is 8.17. The van der Waals surface area contributed by atoms with Crippen molar-refractivity contribution in [1.29, 1.82) is 0 Å². The summed E-state index contributed by atoms with van der Waals surface area (Å²) in [5, 5.41) is 4.66. The minimum absolute atomic E-state index is 0.766. The van der Waals surface area contributed by atoms with Crippen LogP contribution in [0, 0.1) is 5.92 Å². The predicted molar refractivity (Wildman–Crippen MR) is 87.7 cm³/mol. The molecule has 3 rings (SSSR count). The topological polar surface area (TPSA) is 26.2 Å². The molecule has 21 heavy (non-hydrogen) atoms. The fourth-order valence-corrected chi connectivity index (χ4v) is 3.33. The third-order valence-corrected chi connectivity index (χ3v) is 4.57. The fraction of sp³-hybridized carbons (Fsp3) is 0.556. The van der Waals surface area contributed by atoms with E-state index in [0.29, 0.717) is 0 Å². The van der Waals surface area contributed by atoms with Crippen LogP contribution in [-0.4, -0.2) is 31.4 Å². The molecule has 1 N–H and O–H groups in total. The van der Waals surface area contributed by atoms with Crippen molar-refractivity contribution in [3.63, 3.8) is 0 Å². The molecule has 3 nitrogen and oxygen atoms in total. The molecule has 1 aromatic carbocycles. The number of rotatable bonds is 6. The van der Waals surface area contributed by atoms with Crippen molar-refractivity contribution in [2.45, 2.75) is 32.2 Å². The van der Waals surface area contributed by atoms with Crippen LogP contribution in [0.4, 0.5) is 0 Å². The lowest BCUT2D eigenvalue weighted by Gasteiger charge is -2.22. The maximum atomic E-state index is 5.47. The smallest absolute Gasteiger partial charge is 0.0483 e. The first-order valence-corrected chi connectivity index (χ1v) is 8.17. The summed E-state index contributed by atoms with van der Waals surface area (Å²) in [6, 6.07) is 9.04. The highest BCUT2D eigenvalue weighted by molar-refractivity contribution is 5.83. The summed E-state index contributed by atoms with van der Waals surface area (Å²) in [4.78, 5) is 0. The lowest BCUT2D eigenvalue weighted by atomic mass is 10.0. The average Bonchev–Trinajstić information content (AvgIpc) is 2.93. The molecule has 1 fully saturated rings. The van der Waals surface area contributed by atoms with Crippen LogP contribution in [0.3, 0.4) is 0 Å². The van der Waals surface area contributed by atoms with E-state index >= 15 is 0 Å². The molecule has 1 aliphatic heterocycles. The van der Waals surface area contributed by atoms with E-state index in [1.807, 2.05) is 7.05 Å². The average molecular weight is 286 g/mol. The first-order chi connectivity index (χ1) is 10.4. The molecule has 114 valence electrons. The quantitative estimate of drug-likeness (QED) is 0.825. The number of hydrogen-bond acceptors (Lipinski definition) is 2. The van der Waals surface area contributed by atoms with Crippen molar-refractivity contribution in [2.24, 2.45) is 5.92 Å². The van der Waals surface area contributed by atoms with Crippen molar-refractivity contribution in [3.8, 4) is 0 Å². The SMILES string of the molecule is CNCCCc1cccc2c1ccn2CC1CCOCC1. The largest absolute Gasteiger partial charge is 0.381 e. The van der Waals surface area contributed by atoms with E-state index in [9.17, 15) is 0 Å². The van der Waals surface area contributed by atoms with Crippen molar-refractivity contribution >= 4 is 10.9 Å². The first kappa shape index (κ1) is 14.6. The number of hydrogen-bond donors (Lipinski definition) is 1. The highest BCUT2D eigenvalue weighted by Crippen LogP contribution is 2.24. The number of nitrogens with zero attached hydrogens (tertiary/aromatic N) is 1. The lowest BCUT2D eigenvalue weighted by molar-refractivity contribution is 0.0616. The summed E-state index contributed by atoms with van der Waals surface area (Å²) in [6.45, 7) is 4.07. The molecule has 2 heterocycles. The van der Waals surface area contributed by atoms with Gasteiger partial charge in [-0.1, -0.05) is 12.1 Å². The van der Waals surface area contributed by atoms with E-state index in [1.165, 1.54) is 35.7 Å². The number of fused-ring (bicyclic) bond motifs is 1. The van der Waals surface area contributed by atoms with Crippen LogP contribution >= 0.6 is 0 Å². The van der Waals surface area contributed by atoms with Crippen LogP contribution in [0.25, 0.3) is 10.9 Å². The number of ether oxygens (including phenoxy) is 1. The van der Waals surface area contributed by atoms with Gasteiger partial charge in [0.05, 0.1) is 0 Å². The molecule has 1 aromatic heterocycles. The molecule has 0 radical (unpaired) electrons. The standard InChI is InChI=1S/C18H26N2O/c1-19-10-3-5-16-4-2-6-18-17(16)7-11-20(18)14-15-8-12-21-13-9-15/h2,4,6-7,11,15,19H,3,5,8-10,12-14H2,1H3. The molecule has 0 atom stereocenters. The van der Waals surface area contributed by atoms with Crippen molar-refractivity contribution in [2.75, 3.05) is 26.8 Å². The van der Waals surface area contributed by atoms with Gasteiger partial charge in [-0.25, -0.2) is 0 Å². The number of aromatic nitrogens is 1. The van der Waals surface area contributed by atoms with Gasteiger partial charge in [0.2, 0.25) is 0 Å². The van der Waals surface area contributed by atoms with E-state index in [1.54, 1.807) is 0 Å². The second kappa shape index (κ2) is 7.10. The van der Waals surface area contributed by atoms with Crippen LogP contribution in [-0.2, 0) is 17.7 Å². The Bertz CT molecular complexity index is 570. The van der Waals surface area contributed by atoms with Crippen molar-refractivity contribution < 1.29 is 4.74 Å². The number of benzene rings is 1. The van der Waals surface area contributed by atoms with Gasteiger partial charge in [0.15, 0.2) is 0 Å². The predicted octanol–water partition coefficient (Wildman–Crippen LogP) is 3.22. The summed E-state index contributed by atoms with van der Waals surface area (Å²) < 4.78 is 7.90. The zero-order valence-corrected chi connectivity index (χ0v) is 13.0. The Morgan fingerprint density at radius 1 is 1.24 bits per heavy atom. The van der Waals surface area contributed by atoms with Gasteiger partial charge in [-0.05, 0) is 62.9 Å². The molecule has 0 aliphatic carbocycles. The van der Waals surface area contributed by atoms with Gasteiger partial charge in [0.25, 0.3) is 0 Å². The van der Waals surface area contributed by atoms with Gasteiger partial charge in [-0.2, -0.15) is 0 Å². The Morgan fingerprint density at radius 3 is 2.90 bits per heavy atom. The van der Waals surface area contributed by atoms with Gasteiger partial charge >= 0.3 is 0 Å². The minimum Gasteiger partial charge on any atom is -0.381 e. The van der Waals surface area contributed by atoms with Gasteiger partial charge in [-0.15, -0.1) is 0 Å². The second-order valence-electron chi connectivity index (χ2n) is 6.08. The van der Waals surface area contributed by atoms with E-state index in [0.717, 1.165) is 38.6 Å². The molecular formula is C18H26N2O. The Balaban J connectivity index is 1.76. The van der Waals surface area contributed by atoms with E-state index < -0.39 is 0 Å². The summed E-state index contributed by atoms with van der Waals surface area (Å²) in [7, 11) is 2.02. The van der Waals surface area contributed by atoms with Gasteiger partial charge in [-0.3, -0.25) is 0 Å². The van der Waals surface area contributed by atoms with Crippen LogP contribution in [0.1, 0.15) is 24.8 Å².